The van der Waals surface area contributed by atoms with Gasteiger partial charge in [0.2, 0.25) is 11.8 Å². The van der Waals surface area contributed by atoms with E-state index in [1.165, 1.54) is 4.90 Å². The predicted molar refractivity (Wildman–Crippen MR) is 210 cm³/mol. The molecule has 0 radical (unpaired) electrons. The van der Waals surface area contributed by atoms with Crippen LogP contribution in [0.4, 0.5) is 11.4 Å². The predicted octanol–water partition coefficient (Wildman–Crippen LogP) is 4.21. The van der Waals surface area contributed by atoms with E-state index in [1.807, 2.05) is 30.3 Å². The molecule has 0 saturated heterocycles. The Bertz CT molecular complexity index is 2460. The van der Waals surface area contributed by atoms with Gasteiger partial charge in [-0.1, -0.05) is 12.1 Å². The number of carbonyl (C=O) groups is 4. The third-order valence-electron chi connectivity index (χ3n) is 12.4. The molecular weight excluding hydrogens is 745 g/mol. The van der Waals surface area contributed by atoms with Gasteiger partial charge in [0.15, 0.2) is 23.0 Å². The summed E-state index contributed by atoms with van der Waals surface area (Å²) >= 11 is 0. The van der Waals surface area contributed by atoms with Crippen LogP contribution < -0.4 is 43.5 Å². The first kappa shape index (κ1) is 35.9. The Hall–Kier alpha value is -6.44. The third-order valence-corrected chi connectivity index (χ3v) is 12.4. The SMILES string of the molecule is CN(C)C(=O)c1cccc2c1C1(COc3cc4c(cc31)OCCO4)C(=O)N2C.CN1C(=O)C2(COc3cc4c(cc32)OCCO4)c2c(C(=O)NC3CCC3)cccc21. The third kappa shape index (κ3) is 4.96. The van der Waals surface area contributed by atoms with Gasteiger partial charge in [-0.15, -0.1) is 0 Å². The first-order chi connectivity index (χ1) is 28.0. The van der Waals surface area contributed by atoms with Gasteiger partial charge in [0, 0.05) is 91.1 Å². The van der Waals surface area contributed by atoms with Crippen molar-refractivity contribution in [2.24, 2.45) is 0 Å². The molecular formula is C44H42N4O10. The molecule has 2 atom stereocenters. The number of benzene rings is 4. The van der Waals surface area contributed by atoms with Crippen LogP contribution in [0.15, 0.2) is 60.7 Å². The molecule has 2 spiro atoms. The number of nitrogens with one attached hydrogen (secondary N) is 1. The fourth-order valence-electron chi connectivity index (χ4n) is 9.31. The summed E-state index contributed by atoms with van der Waals surface area (Å²) in [4.78, 5) is 58.0. The molecule has 1 aliphatic carbocycles. The highest BCUT2D eigenvalue weighted by Gasteiger charge is 2.59. The van der Waals surface area contributed by atoms with Crippen molar-refractivity contribution >= 4 is 35.0 Å². The molecule has 14 heteroatoms. The molecule has 1 N–H and O–H groups in total. The quantitative estimate of drug-likeness (QED) is 0.321. The molecule has 4 aromatic rings. The lowest BCUT2D eigenvalue weighted by molar-refractivity contribution is -0.122. The number of hydrogen-bond acceptors (Lipinski definition) is 10. The van der Waals surface area contributed by atoms with Crippen molar-refractivity contribution in [2.75, 3.05) is 77.6 Å². The van der Waals surface area contributed by atoms with Crippen molar-refractivity contribution in [1.29, 1.82) is 0 Å². The van der Waals surface area contributed by atoms with E-state index in [9.17, 15) is 19.2 Å². The van der Waals surface area contributed by atoms with Crippen molar-refractivity contribution in [3.8, 4) is 34.5 Å². The van der Waals surface area contributed by atoms with Gasteiger partial charge in [0.25, 0.3) is 11.8 Å². The molecule has 6 aliphatic heterocycles. The molecule has 6 heterocycles. The van der Waals surface area contributed by atoms with Crippen LogP contribution in [-0.2, 0) is 20.4 Å². The van der Waals surface area contributed by atoms with E-state index in [1.54, 1.807) is 68.3 Å². The Balaban J connectivity index is 0.000000141. The van der Waals surface area contributed by atoms with Crippen LogP contribution in [0.25, 0.3) is 0 Å². The van der Waals surface area contributed by atoms with Gasteiger partial charge in [0.1, 0.15) is 62.0 Å². The summed E-state index contributed by atoms with van der Waals surface area (Å²) < 4.78 is 34.8. The summed E-state index contributed by atoms with van der Waals surface area (Å²) in [6.07, 6.45) is 3.14. The molecule has 4 aromatic carbocycles. The molecule has 58 heavy (non-hydrogen) atoms. The van der Waals surface area contributed by atoms with Gasteiger partial charge >= 0.3 is 0 Å². The minimum Gasteiger partial charge on any atom is -0.491 e. The Morgan fingerprint density at radius 1 is 0.638 bits per heavy atom. The lowest BCUT2D eigenvalue weighted by atomic mass is 9.74. The zero-order valence-electron chi connectivity index (χ0n) is 32.6. The maximum atomic E-state index is 13.6. The van der Waals surface area contributed by atoms with Crippen molar-refractivity contribution in [3.63, 3.8) is 0 Å². The van der Waals surface area contributed by atoms with Crippen molar-refractivity contribution in [2.45, 2.75) is 36.1 Å². The Labute approximate surface area is 334 Å². The second kappa shape index (κ2) is 13.0. The molecule has 2 unspecified atom stereocenters. The number of anilines is 2. The van der Waals surface area contributed by atoms with E-state index in [0.29, 0.717) is 88.7 Å². The minimum atomic E-state index is -1.07. The van der Waals surface area contributed by atoms with E-state index in [-0.39, 0.29) is 42.9 Å². The van der Waals surface area contributed by atoms with Crippen LogP contribution in [-0.4, -0.2) is 102 Å². The van der Waals surface area contributed by atoms with Crippen molar-refractivity contribution < 1.29 is 47.6 Å². The smallest absolute Gasteiger partial charge is 0.253 e. The number of ether oxygens (including phenoxy) is 6. The number of carbonyl (C=O) groups excluding carboxylic acids is 4. The second-order valence-corrected chi connectivity index (χ2v) is 15.8. The Morgan fingerprint density at radius 3 is 1.53 bits per heavy atom. The number of likely N-dealkylation sites (N-methyl/N-ethyl adjacent to an activating group) is 2. The number of nitrogens with zero attached hydrogens (tertiary/aromatic N) is 3. The van der Waals surface area contributed by atoms with E-state index >= 15 is 0 Å². The molecule has 7 aliphatic rings. The van der Waals surface area contributed by atoms with Crippen LogP contribution in [0.2, 0.25) is 0 Å². The molecule has 11 rings (SSSR count). The Morgan fingerprint density at radius 2 is 1.09 bits per heavy atom. The Kier molecular flexibility index (Phi) is 8.08. The molecule has 14 nitrogen and oxygen atoms in total. The van der Waals surface area contributed by atoms with Gasteiger partial charge in [-0.3, -0.25) is 19.2 Å². The standard InChI is InChI=1S/C23H22N2O5.C21H20N2O5/c1-25-16-7-3-6-14(21(26)24-13-4-2-5-13)20(16)23(22(25)27)12-30-17-11-19-18(10-15(17)23)28-8-9-29-19;1-22(2)19(24)12-5-4-6-14-18(12)21(20(25)23(14)3)11-28-15-10-17-16(9-13(15)21)26-7-8-27-17/h3,6-7,10-11,13H,2,4-5,8-9,12H2,1H3,(H,24,26);4-6,9-10H,7-8,11H2,1-3H3. The van der Waals surface area contributed by atoms with Gasteiger partial charge in [0.05, 0.1) is 0 Å². The van der Waals surface area contributed by atoms with Gasteiger partial charge in [-0.25, -0.2) is 0 Å². The monoisotopic (exact) mass is 786 g/mol. The fraction of sp³-hybridized carbons (Fsp3) is 0.364. The van der Waals surface area contributed by atoms with E-state index in [4.69, 9.17) is 28.4 Å². The summed E-state index contributed by atoms with van der Waals surface area (Å²) in [5.74, 6) is 3.12. The minimum absolute atomic E-state index is 0.100. The van der Waals surface area contributed by atoms with Crippen LogP contribution >= 0.6 is 0 Å². The normalized spacial score (nSPS) is 22.6. The van der Waals surface area contributed by atoms with Gasteiger partial charge in [-0.2, -0.15) is 0 Å². The summed E-state index contributed by atoms with van der Waals surface area (Å²) in [5.41, 5.74) is 3.21. The lowest BCUT2D eigenvalue weighted by Gasteiger charge is -2.28. The highest BCUT2D eigenvalue weighted by atomic mass is 16.6. The lowest BCUT2D eigenvalue weighted by Crippen LogP contribution is -2.43. The van der Waals surface area contributed by atoms with Gasteiger partial charge in [-0.05, 0) is 55.7 Å². The average Bonchev–Trinajstić information content (AvgIpc) is 3.91. The van der Waals surface area contributed by atoms with E-state index in [0.717, 1.165) is 36.2 Å². The van der Waals surface area contributed by atoms with Crippen LogP contribution in [0.1, 0.15) is 62.2 Å². The van der Waals surface area contributed by atoms with Crippen LogP contribution in [0, 0.1) is 0 Å². The van der Waals surface area contributed by atoms with Gasteiger partial charge < -0.3 is 48.4 Å². The molecule has 0 aromatic heterocycles. The van der Waals surface area contributed by atoms with E-state index in [2.05, 4.69) is 5.32 Å². The van der Waals surface area contributed by atoms with Crippen molar-refractivity contribution in [3.05, 3.63) is 94.0 Å². The molecule has 298 valence electrons. The first-order valence-electron chi connectivity index (χ1n) is 19.5. The summed E-state index contributed by atoms with van der Waals surface area (Å²) in [7, 11) is 6.89. The maximum Gasteiger partial charge on any atom is 0.253 e. The molecule has 0 bridgehead atoms. The number of fused-ring (bicyclic) bond motifs is 10. The fourth-order valence-corrected chi connectivity index (χ4v) is 9.31. The highest BCUT2D eigenvalue weighted by Crippen LogP contribution is 2.57. The number of amides is 4. The van der Waals surface area contributed by atoms with Crippen LogP contribution in [0.5, 0.6) is 34.5 Å². The molecule has 1 saturated carbocycles. The average molecular weight is 787 g/mol. The largest absolute Gasteiger partial charge is 0.491 e. The molecule has 1 fully saturated rings. The van der Waals surface area contributed by atoms with Crippen molar-refractivity contribution in [1.82, 2.24) is 10.2 Å². The zero-order valence-corrected chi connectivity index (χ0v) is 32.6. The summed E-state index contributed by atoms with van der Waals surface area (Å²) in [6.45, 7) is 2.15. The number of hydrogen-bond donors (Lipinski definition) is 1. The number of rotatable bonds is 3. The van der Waals surface area contributed by atoms with E-state index < -0.39 is 10.8 Å². The second-order valence-electron chi connectivity index (χ2n) is 15.8. The summed E-state index contributed by atoms with van der Waals surface area (Å²) in [5, 5.41) is 3.12. The summed E-state index contributed by atoms with van der Waals surface area (Å²) in [6, 6.07) is 18.4. The topological polar surface area (TPSA) is 145 Å². The highest BCUT2D eigenvalue weighted by molar-refractivity contribution is 6.16. The molecule has 4 amide bonds. The zero-order chi connectivity index (χ0) is 40.1. The maximum absolute atomic E-state index is 13.6. The van der Waals surface area contributed by atoms with Crippen LogP contribution in [0.3, 0.4) is 0 Å². The first-order valence-corrected chi connectivity index (χ1v) is 19.5.